The molecule has 4 rings (SSSR count). The fraction of sp³-hybridized carbons (Fsp3) is 0.222. The zero-order valence-electron chi connectivity index (χ0n) is 19.3. The molecule has 35 heavy (non-hydrogen) atoms. The van der Waals surface area contributed by atoms with Crippen LogP contribution >= 0.6 is 11.8 Å². The van der Waals surface area contributed by atoms with Crippen molar-refractivity contribution in [1.29, 1.82) is 0 Å². The van der Waals surface area contributed by atoms with Crippen LogP contribution in [0.4, 0.5) is 0 Å². The van der Waals surface area contributed by atoms with E-state index in [0.29, 0.717) is 33.9 Å². The number of methoxy groups -OCH3 is 2. The first-order chi connectivity index (χ1) is 17.0. The number of hydrogen-bond acceptors (Lipinski definition) is 8. The van der Waals surface area contributed by atoms with E-state index in [0.717, 1.165) is 4.90 Å². The first kappa shape index (κ1) is 24.3. The standard InChI is InChI=1S/C27H24O7S/c1-31-20-11-7-18(8-12-20)25(29)33-15-27(17-35-23-6-4-3-5-22(23)24(27)28)16-34-26(30)19-9-13-21(32-2)14-10-19/h3-14H,15-17H2,1-2H3. The molecule has 0 amide bonds. The highest BCUT2D eigenvalue weighted by atomic mass is 32.2. The SMILES string of the molecule is COc1ccc(C(=O)OCC2(COC(=O)c3ccc(OC)cc3)CSc3ccccc3C2=O)cc1. The number of carbonyl (C=O) groups is 3. The highest BCUT2D eigenvalue weighted by Crippen LogP contribution is 2.40. The van der Waals surface area contributed by atoms with Crippen molar-refractivity contribution < 1.29 is 33.3 Å². The van der Waals surface area contributed by atoms with Crippen LogP contribution < -0.4 is 9.47 Å². The summed E-state index contributed by atoms with van der Waals surface area (Å²) in [5, 5.41) is 0. The van der Waals surface area contributed by atoms with Crippen molar-refractivity contribution in [3.8, 4) is 11.5 Å². The number of fused-ring (bicyclic) bond motifs is 1. The normalized spacial score (nSPS) is 13.9. The highest BCUT2D eigenvalue weighted by molar-refractivity contribution is 7.99. The quantitative estimate of drug-likeness (QED) is 0.419. The third-order valence-corrected chi connectivity index (χ3v) is 7.09. The minimum atomic E-state index is -1.22. The van der Waals surface area contributed by atoms with Gasteiger partial charge in [-0.15, -0.1) is 11.8 Å². The maximum Gasteiger partial charge on any atom is 0.338 e. The van der Waals surface area contributed by atoms with Gasteiger partial charge in [-0.05, 0) is 54.6 Å². The molecule has 0 atom stereocenters. The topological polar surface area (TPSA) is 88.1 Å². The summed E-state index contributed by atoms with van der Waals surface area (Å²) in [5.74, 6) is 0.138. The third kappa shape index (κ3) is 5.33. The minimum Gasteiger partial charge on any atom is -0.497 e. The van der Waals surface area contributed by atoms with E-state index < -0.39 is 17.4 Å². The maximum atomic E-state index is 13.6. The van der Waals surface area contributed by atoms with Gasteiger partial charge in [0, 0.05) is 16.2 Å². The van der Waals surface area contributed by atoms with Crippen LogP contribution in [0.25, 0.3) is 0 Å². The smallest absolute Gasteiger partial charge is 0.338 e. The second-order valence-corrected chi connectivity index (χ2v) is 9.02. The molecule has 0 bridgehead atoms. The van der Waals surface area contributed by atoms with E-state index in [4.69, 9.17) is 18.9 Å². The van der Waals surface area contributed by atoms with E-state index in [1.54, 1.807) is 60.7 Å². The Morgan fingerprint density at radius 3 is 1.74 bits per heavy atom. The molecule has 180 valence electrons. The Hall–Kier alpha value is -3.78. The number of carbonyl (C=O) groups excluding carboxylic acids is 3. The lowest BCUT2D eigenvalue weighted by Gasteiger charge is -2.35. The third-order valence-electron chi connectivity index (χ3n) is 5.73. The van der Waals surface area contributed by atoms with Crippen molar-refractivity contribution >= 4 is 29.5 Å². The van der Waals surface area contributed by atoms with Gasteiger partial charge >= 0.3 is 11.9 Å². The zero-order valence-corrected chi connectivity index (χ0v) is 20.1. The molecule has 0 fully saturated rings. The molecule has 1 heterocycles. The molecule has 3 aromatic rings. The van der Waals surface area contributed by atoms with Crippen LogP contribution in [0.3, 0.4) is 0 Å². The van der Waals surface area contributed by atoms with Gasteiger partial charge < -0.3 is 18.9 Å². The monoisotopic (exact) mass is 492 g/mol. The van der Waals surface area contributed by atoms with Crippen molar-refractivity contribution in [2.75, 3.05) is 33.2 Å². The number of thioether (sulfide) groups is 1. The predicted octanol–water partition coefficient (Wildman–Crippen LogP) is 4.69. The molecule has 7 nitrogen and oxygen atoms in total. The van der Waals surface area contributed by atoms with Gasteiger partial charge in [0.2, 0.25) is 0 Å². The number of esters is 2. The number of ketones is 1. The van der Waals surface area contributed by atoms with E-state index in [2.05, 4.69) is 0 Å². The molecule has 0 saturated heterocycles. The largest absolute Gasteiger partial charge is 0.497 e. The van der Waals surface area contributed by atoms with Gasteiger partial charge in [0.1, 0.15) is 30.1 Å². The summed E-state index contributed by atoms with van der Waals surface area (Å²) >= 11 is 1.47. The maximum absolute atomic E-state index is 13.6. The Bertz CT molecular complexity index is 1160. The Balaban J connectivity index is 1.53. The van der Waals surface area contributed by atoms with Crippen LogP contribution in [0.2, 0.25) is 0 Å². The lowest BCUT2D eigenvalue weighted by Crippen LogP contribution is -2.46. The van der Waals surface area contributed by atoms with E-state index >= 15 is 0 Å². The summed E-state index contributed by atoms with van der Waals surface area (Å²) in [6, 6.07) is 20.2. The number of rotatable bonds is 8. The van der Waals surface area contributed by atoms with Crippen molar-refractivity contribution in [2.45, 2.75) is 4.90 Å². The summed E-state index contributed by atoms with van der Waals surface area (Å²) in [4.78, 5) is 39.8. The molecule has 0 spiro atoms. The second-order valence-electron chi connectivity index (χ2n) is 8.00. The predicted molar refractivity (Wildman–Crippen MR) is 130 cm³/mol. The molecule has 1 aliphatic heterocycles. The number of Topliss-reactive ketones (excluding diaryl/α,β-unsaturated/α-hetero) is 1. The summed E-state index contributed by atoms with van der Waals surface area (Å²) in [5.41, 5.74) is -0.0479. The molecular formula is C27H24O7S. The Labute approximate surface area is 207 Å². The lowest BCUT2D eigenvalue weighted by molar-refractivity contribution is 0.00604. The molecule has 0 radical (unpaired) electrons. The molecule has 0 saturated carbocycles. The molecule has 0 aromatic heterocycles. The van der Waals surface area contributed by atoms with Gasteiger partial charge in [0.05, 0.1) is 25.3 Å². The average Bonchev–Trinajstić information content (AvgIpc) is 2.92. The average molecular weight is 493 g/mol. The van der Waals surface area contributed by atoms with Gasteiger partial charge in [-0.2, -0.15) is 0 Å². The van der Waals surface area contributed by atoms with Crippen molar-refractivity contribution in [3.63, 3.8) is 0 Å². The number of hydrogen-bond donors (Lipinski definition) is 0. The van der Waals surface area contributed by atoms with Crippen LogP contribution in [0, 0.1) is 5.41 Å². The molecule has 0 aliphatic carbocycles. The van der Waals surface area contributed by atoms with E-state index in [9.17, 15) is 14.4 Å². The van der Waals surface area contributed by atoms with Crippen LogP contribution in [-0.2, 0) is 9.47 Å². The Morgan fingerprint density at radius 2 is 1.26 bits per heavy atom. The van der Waals surface area contributed by atoms with Gasteiger partial charge in [-0.1, -0.05) is 18.2 Å². The minimum absolute atomic E-state index is 0.225. The lowest BCUT2D eigenvalue weighted by atomic mass is 9.83. The van der Waals surface area contributed by atoms with Gasteiger partial charge in [0.25, 0.3) is 0 Å². The summed E-state index contributed by atoms with van der Waals surface area (Å²) in [6.07, 6.45) is 0. The highest BCUT2D eigenvalue weighted by Gasteiger charge is 2.46. The number of ether oxygens (including phenoxy) is 4. The molecule has 1 aliphatic rings. The fourth-order valence-corrected chi connectivity index (χ4v) is 4.85. The fourth-order valence-electron chi connectivity index (χ4n) is 3.63. The molecule has 8 heteroatoms. The summed E-state index contributed by atoms with van der Waals surface area (Å²) in [6.45, 7) is -0.457. The van der Waals surface area contributed by atoms with Crippen LogP contribution in [0.1, 0.15) is 31.1 Å². The van der Waals surface area contributed by atoms with Gasteiger partial charge in [0.15, 0.2) is 5.78 Å². The van der Waals surface area contributed by atoms with Crippen LogP contribution in [-0.4, -0.2) is 50.9 Å². The van der Waals surface area contributed by atoms with Crippen LogP contribution in [0.15, 0.2) is 77.7 Å². The van der Waals surface area contributed by atoms with Crippen molar-refractivity contribution in [2.24, 2.45) is 5.41 Å². The zero-order chi connectivity index (χ0) is 24.8. The molecule has 0 N–H and O–H groups in total. The van der Waals surface area contributed by atoms with Gasteiger partial charge in [-0.25, -0.2) is 9.59 Å². The van der Waals surface area contributed by atoms with Gasteiger partial charge in [-0.3, -0.25) is 4.79 Å². The first-order valence-electron chi connectivity index (χ1n) is 10.8. The van der Waals surface area contributed by atoms with Crippen molar-refractivity contribution in [3.05, 3.63) is 89.5 Å². The van der Waals surface area contributed by atoms with Crippen molar-refractivity contribution in [1.82, 2.24) is 0 Å². The molecular weight excluding hydrogens is 468 g/mol. The summed E-state index contributed by atoms with van der Waals surface area (Å²) in [7, 11) is 3.07. The van der Waals surface area contributed by atoms with Crippen LogP contribution in [0.5, 0.6) is 11.5 Å². The second kappa shape index (κ2) is 10.7. The Morgan fingerprint density at radius 1 is 0.771 bits per heavy atom. The first-order valence-corrected chi connectivity index (χ1v) is 11.8. The van der Waals surface area contributed by atoms with E-state index in [1.807, 2.05) is 12.1 Å². The summed E-state index contributed by atoms with van der Waals surface area (Å²) < 4.78 is 21.4. The molecule has 3 aromatic carbocycles. The molecule has 0 unspecified atom stereocenters. The Kier molecular flexibility index (Phi) is 7.41. The van der Waals surface area contributed by atoms with E-state index in [-0.39, 0.29) is 19.0 Å². The number of benzene rings is 3. The van der Waals surface area contributed by atoms with E-state index in [1.165, 1.54) is 26.0 Å².